The minimum absolute atomic E-state index is 0.196. The molecule has 2 aromatic heterocycles. The highest BCUT2D eigenvalue weighted by Crippen LogP contribution is 2.31. The molecule has 0 unspecified atom stereocenters. The van der Waals surface area contributed by atoms with Gasteiger partial charge in [0.25, 0.3) is 0 Å². The summed E-state index contributed by atoms with van der Waals surface area (Å²) < 4.78 is 37.6. The van der Waals surface area contributed by atoms with Crippen molar-refractivity contribution in [3.63, 3.8) is 0 Å². The zero-order valence-corrected chi connectivity index (χ0v) is 15.6. The Morgan fingerprint density at radius 3 is 2.77 bits per heavy atom. The number of hydrogen-bond donors (Lipinski definition) is 3. The number of rotatable bonds is 6. The highest BCUT2D eigenvalue weighted by Gasteiger charge is 2.20. The van der Waals surface area contributed by atoms with E-state index in [0.717, 1.165) is 25.4 Å². The van der Waals surface area contributed by atoms with E-state index in [1.807, 2.05) is 0 Å². The first-order valence-corrected chi connectivity index (χ1v) is 8.56. The first-order chi connectivity index (χ1) is 14.9. The van der Waals surface area contributed by atoms with E-state index in [4.69, 9.17) is 4.42 Å². The Morgan fingerprint density at radius 1 is 1.23 bits per heavy atom. The number of aromatic nitrogens is 3. The van der Waals surface area contributed by atoms with E-state index in [9.17, 15) is 23.7 Å². The monoisotopic (exact) mass is 430 g/mol. The zero-order chi connectivity index (χ0) is 22.1. The lowest BCUT2D eigenvalue weighted by molar-refractivity contribution is -0.384. The van der Waals surface area contributed by atoms with Crippen LogP contribution in [0.2, 0.25) is 0 Å². The Labute approximate surface area is 170 Å². The van der Waals surface area contributed by atoms with Gasteiger partial charge in [0.05, 0.1) is 23.2 Å². The van der Waals surface area contributed by atoms with Crippen LogP contribution in [-0.4, -0.2) is 27.0 Å². The summed E-state index contributed by atoms with van der Waals surface area (Å²) in [7, 11) is 1.11. The lowest BCUT2D eigenvalue weighted by atomic mass is 10.2. The first-order valence-electron chi connectivity index (χ1n) is 8.56. The summed E-state index contributed by atoms with van der Waals surface area (Å²) in [5, 5.41) is 16.6. The molecule has 0 amide bonds. The fraction of sp³-hybridized carbons (Fsp3) is 0.0556. The molecule has 0 bridgehead atoms. The third kappa shape index (κ3) is 3.83. The van der Waals surface area contributed by atoms with Gasteiger partial charge >= 0.3 is 11.4 Å². The number of halogens is 2. The normalized spacial score (nSPS) is 10.8. The Morgan fingerprint density at radius 2 is 2.03 bits per heavy atom. The van der Waals surface area contributed by atoms with Crippen LogP contribution in [0.25, 0.3) is 11.1 Å². The molecule has 0 atom stereocenters. The number of nitrogens with one attached hydrogen (secondary N) is 3. The van der Waals surface area contributed by atoms with E-state index in [-0.39, 0.29) is 17.5 Å². The number of aromatic amines is 1. The average Bonchev–Trinajstić information content (AvgIpc) is 3.10. The van der Waals surface area contributed by atoms with Gasteiger partial charge in [-0.15, -0.1) is 0 Å². The van der Waals surface area contributed by atoms with Gasteiger partial charge in [0, 0.05) is 5.69 Å². The van der Waals surface area contributed by atoms with Crippen LogP contribution in [0, 0.1) is 21.7 Å². The topological polar surface area (TPSA) is 148 Å². The van der Waals surface area contributed by atoms with Gasteiger partial charge < -0.3 is 19.8 Å². The van der Waals surface area contributed by atoms with Crippen molar-refractivity contribution in [2.24, 2.45) is 0 Å². The summed E-state index contributed by atoms with van der Waals surface area (Å²) in [4.78, 5) is 32.2. The molecule has 0 saturated carbocycles. The minimum Gasteiger partial charge on any atom is -0.491 e. The molecule has 2 aromatic carbocycles. The highest BCUT2D eigenvalue weighted by molar-refractivity contribution is 5.79. The fourth-order valence-corrected chi connectivity index (χ4v) is 2.76. The Bertz CT molecular complexity index is 1370. The summed E-state index contributed by atoms with van der Waals surface area (Å²) in [5.41, 5.74) is 0.368. The van der Waals surface area contributed by atoms with Crippen molar-refractivity contribution in [1.82, 2.24) is 15.0 Å². The highest BCUT2D eigenvalue weighted by atomic mass is 19.1. The Kier molecular flexibility index (Phi) is 4.91. The largest absolute Gasteiger partial charge is 0.491 e. The SMILES string of the molecule is COc1c(F)ccc(Nc2ncc([N+](=O)[O-])c(Nc3ccc4oc(=O)[nH]c4c3)n2)c1F. The second-order valence-corrected chi connectivity index (χ2v) is 6.10. The molecule has 158 valence electrons. The average molecular weight is 430 g/mol. The Hall–Kier alpha value is -4.55. The van der Waals surface area contributed by atoms with E-state index in [1.54, 1.807) is 0 Å². The van der Waals surface area contributed by atoms with Gasteiger partial charge in [-0.2, -0.15) is 4.98 Å². The fourth-order valence-electron chi connectivity index (χ4n) is 2.76. The summed E-state index contributed by atoms with van der Waals surface area (Å²) in [5.74, 6) is -3.57. The van der Waals surface area contributed by atoms with Crippen LogP contribution < -0.4 is 21.1 Å². The molecule has 0 spiro atoms. The van der Waals surface area contributed by atoms with Crippen LogP contribution in [-0.2, 0) is 0 Å². The molecule has 0 aliphatic rings. The van der Waals surface area contributed by atoms with E-state index in [1.165, 1.54) is 18.2 Å². The van der Waals surface area contributed by atoms with Crippen molar-refractivity contribution < 1.29 is 22.9 Å². The molecule has 13 heteroatoms. The van der Waals surface area contributed by atoms with Crippen LogP contribution in [0.3, 0.4) is 0 Å². The maximum absolute atomic E-state index is 14.4. The summed E-state index contributed by atoms with van der Waals surface area (Å²) in [6.45, 7) is 0. The number of nitrogens with zero attached hydrogens (tertiary/aromatic N) is 3. The van der Waals surface area contributed by atoms with Gasteiger partial charge in [-0.25, -0.2) is 18.6 Å². The number of oxazole rings is 1. The van der Waals surface area contributed by atoms with Crippen LogP contribution in [0.1, 0.15) is 0 Å². The molecule has 31 heavy (non-hydrogen) atoms. The van der Waals surface area contributed by atoms with E-state index in [0.29, 0.717) is 16.8 Å². The lowest BCUT2D eigenvalue weighted by Gasteiger charge is -2.11. The second kappa shape index (κ2) is 7.70. The van der Waals surface area contributed by atoms with Gasteiger partial charge in [0.1, 0.15) is 6.20 Å². The molecule has 11 nitrogen and oxygen atoms in total. The molecule has 0 saturated heterocycles. The molecular weight excluding hydrogens is 418 g/mol. The number of anilines is 4. The maximum Gasteiger partial charge on any atom is 0.417 e. The van der Waals surface area contributed by atoms with Crippen LogP contribution in [0.15, 0.2) is 45.7 Å². The smallest absolute Gasteiger partial charge is 0.417 e. The van der Waals surface area contributed by atoms with Gasteiger partial charge in [-0.05, 0) is 30.3 Å². The molecule has 4 aromatic rings. The zero-order valence-electron chi connectivity index (χ0n) is 15.6. The number of ether oxygens (including phenoxy) is 1. The van der Waals surface area contributed by atoms with Crippen molar-refractivity contribution >= 4 is 39.9 Å². The summed E-state index contributed by atoms with van der Waals surface area (Å²) in [6, 6.07) is 6.58. The first kappa shape index (κ1) is 19.8. The third-order valence-electron chi connectivity index (χ3n) is 4.15. The van der Waals surface area contributed by atoms with Gasteiger partial charge in [-0.1, -0.05) is 0 Å². The lowest BCUT2D eigenvalue weighted by Crippen LogP contribution is -2.06. The quantitative estimate of drug-likeness (QED) is 0.308. The molecule has 0 fully saturated rings. The van der Waals surface area contributed by atoms with Crippen LogP contribution >= 0.6 is 0 Å². The standard InChI is InChI=1S/C18H12F2N6O5/c1-30-15-9(19)3-4-10(14(15)20)23-17-21-7-12(26(28)29)16(25-17)22-8-2-5-13-11(6-8)24-18(27)31-13/h2-7H,1H3,(H,24,27)(H2,21,22,23,25). The van der Waals surface area contributed by atoms with E-state index in [2.05, 4.69) is 30.3 Å². The molecular formula is C18H12F2N6O5. The molecule has 0 aliphatic heterocycles. The summed E-state index contributed by atoms with van der Waals surface area (Å²) >= 11 is 0. The molecule has 4 rings (SSSR count). The van der Waals surface area contributed by atoms with Crippen molar-refractivity contribution in [3.05, 3.63) is 68.8 Å². The number of H-pyrrole nitrogens is 1. The van der Waals surface area contributed by atoms with Crippen LogP contribution in [0.5, 0.6) is 5.75 Å². The third-order valence-corrected chi connectivity index (χ3v) is 4.15. The summed E-state index contributed by atoms with van der Waals surface area (Å²) in [6.07, 6.45) is 0.925. The van der Waals surface area contributed by atoms with Gasteiger partial charge in [0.15, 0.2) is 23.0 Å². The second-order valence-electron chi connectivity index (χ2n) is 6.10. The molecule has 3 N–H and O–H groups in total. The number of nitro groups is 1. The van der Waals surface area contributed by atoms with E-state index >= 15 is 0 Å². The van der Waals surface area contributed by atoms with E-state index < -0.39 is 33.8 Å². The minimum atomic E-state index is -1.02. The van der Waals surface area contributed by atoms with Crippen molar-refractivity contribution in [2.45, 2.75) is 0 Å². The van der Waals surface area contributed by atoms with Gasteiger partial charge in [-0.3, -0.25) is 15.1 Å². The predicted molar refractivity (Wildman–Crippen MR) is 105 cm³/mol. The molecule has 0 aliphatic carbocycles. The predicted octanol–water partition coefficient (Wildman–Crippen LogP) is 3.59. The molecule has 0 radical (unpaired) electrons. The number of benzene rings is 2. The maximum atomic E-state index is 14.4. The number of fused-ring (bicyclic) bond motifs is 1. The molecule has 2 heterocycles. The van der Waals surface area contributed by atoms with Crippen molar-refractivity contribution in [3.8, 4) is 5.75 Å². The number of hydrogen-bond acceptors (Lipinski definition) is 9. The van der Waals surface area contributed by atoms with Gasteiger partial charge in [0.2, 0.25) is 11.8 Å². The number of methoxy groups -OCH3 is 1. The van der Waals surface area contributed by atoms with Crippen LogP contribution in [0.4, 0.5) is 37.6 Å². The Balaban J connectivity index is 1.69. The van der Waals surface area contributed by atoms with Crippen molar-refractivity contribution in [1.29, 1.82) is 0 Å². The van der Waals surface area contributed by atoms with Crippen molar-refractivity contribution in [2.75, 3.05) is 17.7 Å².